The van der Waals surface area contributed by atoms with Crippen molar-refractivity contribution in [3.8, 4) is 0 Å². The lowest BCUT2D eigenvalue weighted by atomic mass is 9.79. The molecule has 4 heteroatoms. The van der Waals surface area contributed by atoms with Crippen molar-refractivity contribution in [1.29, 1.82) is 0 Å². The number of rotatable bonds is 7. The van der Waals surface area contributed by atoms with E-state index in [9.17, 15) is 4.79 Å². The average Bonchev–Trinajstić information content (AvgIpc) is 2.89. The summed E-state index contributed by atoms with van der Waals surface area (Å²) < 4.78 is 6.24. The fourth-order valence-corrected chi connectivity index (χ4v) is 6.07. The molecule has 5 rings (SSSR count). The first-order valence-electron chi connectivity index (χ1n) is 13.1. The highest BCUT2D eigenvalue weighted by molar-refractivity contribution is 5.88. The molecule has 2 unspecified atom stereocenters. The van der Waals surface area contributed by atoms with Crippen molar-refractivity contribution in [1.82, 2.24) is 4.90 Å². The Labute approximate surface area is 198 Å². The molecule has 0 aromatic heterocycles. The molecule has 2 fully saturated rings. The molecule has 33 heavy (non-hydrogen) atoms. The van der Waals surface area contributed by atoms with Gasteiger partial charge in [0.1, 0.15) is 0 Å². The number of aryl methyl sites for hydroxylation is 1. The van der Waals surface area contributed by atoms with Crippen molar-refractivity contribution >= 4 is 11.5 Å². The van der Waals surface area contributed by atoms with Gasteiger partial charge in [0.2, 0.25) is 0 Å². The molecule has 0 bridgehead atoms. The molecule has 1 N–H and O–H groups in total. The number of fused-ring (bicyclic) bond motifs is 1. The minimum Gasteiger partial charge on any atom is -0.380 e. The quantitative estimate of drug-likeness (QED) is 0.600. The van der Waals surface area contributed by atoms with E-state index < -0.39 is 0 Å². The van der Waals surface area contributed by atoms with E-state index in [1.165, 1.54) is 36.1 Å². The van der Waals surface area contributed by atoms with E-state index in [1.54, 1.807) is 0 Å². The average molecular weight is 447 g/mol. The number of ketones is 1. The Morgan fingerprint density at radius 3 is 2.42 bits per heavy atom. The third-order valence-corrected chi connectivity index (χ3v) is 7.96. The summed E-state index contributed by atoms with van der Waals surface area (Å²) in [5.41, 5.74) is 3.83. The largest absolute Gasteiger partial charge is 0.380 e. The predicted molar refractivity (Wildman–Crippen MR) is 133 cm³/mol. The number of piperidine rings is 1. The summed E-state index contributed by atoms with van der Waals surface area (Å²) in [7, 11) is 0. The van der Waals surface area contributed by atoms with Gasteiger partial charge in [0.05, 0.1) is 18.8 Å². The number of hydrogen-bond donors (Lipinski definition) is 1. The maximum Gasteiger partial charge on any atom is 0.155 e. The van der Waals surface area contributed by atoms with Crippen molar-refractivity contribution in [2.24, 2.45) is 5.92 Å². The summed E-state index contributed by atoms with van der Waals surface area (Å²) in [6.45, 7) is 2.57. The Balaban J connectivity index is 1.25. The van der Waals surface area contributed by atoms with Crippen LogP contribution in [0.2, 0.25) is 0 Å². The van der Waals surface area contributed by atoms with Gasteiger partial charge in [-0.1, -0.05) is 67.8 Å². The molecule has 2 aromatic carbocycles. The molecule has 2 heterocycles. The molecule has 1 saturated heterocycles. The van der Waals surface area contributed by atoms with E-state index in [0.29, 0.717) is 12.4 Å². The number of hydrogen-bond acceptors (Lipinski definition) is 4. The first-order valence-corrected chi connectivity index (χ1v) is 13.1. The number of carbonyl (C=O) groups is 1. The van der Waals surface area contributed by atoms with Crippen LogP contribution in [-0.4, -0.2) is 42.0 Å². The normalized spacial score (nSPS) is 23.5. The van der Waals surface area contributed by atoms with Crippen LogP contribution < -0.4 is 5.32 Å². The number of anilines is 1. The molecule has 1 saturated carbocycles. The Hall–Kier alpha value is -2.17. The zero-order valence-corrected chi connectivity index (χ0v) is 19.8. The molecule has 2 aliphatic heterocycles. The summed E-state index contributed by atoms with van der Waals surface area (Å²) in [6, 6.07) is 19.2. The van der Waals surface area contributed by atoms with Crippen molar-refractivity contribution in [3.05, 3.63) is 65.7 Å². The maximum absolute atomic E-state index is 13.9. The fourth-order valence-electron chi connectivity index (χ4n) is 6.07. The topological polar surface area (TPSA) is 41.6 Å². The molecule has 3 aliphatic rings. The number of carbonyl (C=O) groups excluding carboxylic acids is 1. The zero-order chi connectivity index (χ0) is 22.5. The van der Waals surface area contributed by atoms with Crippen LogP contribution in [0.1, 0.15) is 62.5 Å². The van der Waals surface area contributed by atoms with Gasteiger partial charge in [0.25, 0.3) is 0 Å². The van der Waals surface area contributed by atoms with Crippen LogP contribution in [0, 0.1) is 5.92 Å². The van der Waals surface area contributed by atoms with Crippen LogP contribution in [0.4, 0.5) is 5.69 Å². The molecule has 176 valence electrons. The number of ether oxygens (including phenoxy) is 1. The number of nitrogens with one attached hydrogen (secondary N) is 1. The van der Waals surface area contributed by atoms with Gasteiger partial charge < -0.3 is 10.1 Å². The van der Waals surface area contributed by atoms with Gasteiger partial charge in [-0.3, -0.25) is 9.69 Å². The van der Waals surface area contributed by atoms with Gasteiger partial charge in [-0.25, -0.2) is 0 Å². The summed E-state index contributed by atoms with van der Waals surface area (Å²) >= 11 is 0. The Morgan fingerprint density at radius 1 is 0.909 bits per heavy atom. The van der Waals surface area contributed by atoms with E-state index in [4.69, 9.17) is 4.74 Å². The zero-order valence-electron chi connectivity index (χ0n) is 19.8. The number of likely N-dealkylation sites (tertiary alicyclic amines) is 1. The lowest BCUT2D eigenvalue weighted by molar-refractivity contribution is -0.131. The minimum atomic E-state index is -0.0171. The lowest BCUT2D eigenvalue weighted by Crippen LogP contribution is -2.57. The summed E-state index contributed by atoms with van der Waals surface area (Å²) in [5, 5.41) is 3.78. The number of Topliss-reactive ketones (excluding diaryl/α,β-unsaturated/α-hetero) is 1. The van der Waals surface area contributed by atoms with E-state index >= 15 is 0 Å². The molecule has 0 amide bonds. The van der Waals surface area contributed by atoms with Crippen LogP contribution in [0.15, 0.2) is 54.6 Å². The van der Waals surface area contributed by atoms with Gasteiger partial charge in [-0.2, -0.15) is 0 Å². The second kappa shape index (κ2) is 10.8. The van der Waals surface area contributed by atoms with E-state index in [-0.39, 0.29) is 24.1 Å². The molecular weight excluding hydrogens is 408 g/mol. The van der Waals surface area contributed by atoms with Gasteiger partial charge in [-0.05, 0) is 55.7 Å². The second-order valence-electron chi connectivity index (χ2n) is 10.2. The molecular formula is C29H38N2O2. The van der Waals surface area contributed by atoms with Crippen LogP contribution in [0.3, 0.4) is 0 Å². The number of nitrogens with zero attached hydrogens (tertiary/aromatic N) is 1. The molecule has 0 radical (unpaired) electrons. The van der Waals surface area contributed by atoms with Crippen molar-refractivity contribution < 1.29 is 9.53 Å². The summed E-state index contributed by atoms with van der Waals surface area (Å²) in [6.07, 6.45) is 10.2. The van der Waals surface area contributed by atoms with E-state index in [2.05, 4.69) is 58.7 Å². The highest BCUT2D eigenvalue weighted by Gasteiger charge is 2.40. The Morgan fingerprint density at radius 2 is 1.64 bits per heavy atom. The van der Waals surface area contributed by atoms with Gasteiger partial charge >= 0.3 is 0 Å². The molecule has 2 aromatic rings. The predicted octanol–water partition coefficient (Wildman–Crippen LogP) is 5.61. The van der Waals surface area contributed by atoms with Crippen LogP contribution in [0.5, 0.6) is 0 Å². The van der Waals surface area contributed by atoms with E-state index in [0.717, 1.165) is 51.6 Å². The molecule has 4 nitrogen and oxygen atoms in total. The molecule has 1 aliphatic carbocycles. The van der Waals surface area contributed by atoms with Crippen LogP contribution >= 0.6 is 0 Å². The minimum absolute atomic E-state index is 0.0171. The Kier molecular flexibility index (Phi) is 7.43. The Bertz CT molecular complexity index is 901. The molecule has 0 spiro atoms. The first kappa shape index (κ1) is 22.6. The highest BCUT2D eigenvalue weighted by atomic mass is 16.5. The monoisotopic (exact) mass is 446 g/mol. The summed E-state index contributed by atoms with van der Waals surface area (Å²) in [5.74, 6) is 0.741. The van der Waals surface area contributed by atoms with Gasteiger partial charge in [0, 0.05) is 30.7 Å². The number of para-hydroxylation sites is 1. The standard InChI is InChI=1S/C29H38N2O2/c32-29(24-12-5-2-6-13-24)28(27-16-15-23-11-7-8-14-26(23)30-27)31-19-17-25(18-20-31)33-21-22-9-3-1-4-10-22/h1,3-4,7-11,14,24-25,27-28,30H,2,5-6,12-13,15-21H2. The third-order valence-electron chi connectivity index (χ3n) is 7.96. The van der Waals surface area contributed by atoms with Crippen molar-refractivity contribution in [2.45, 2.75) is 82.6 Å². The smallest absolute Gasteiger partial charge is 0.155 e. The third kappa shape index (κ3) is 5.50. The highest BCUT2D eigenvalue weighted by Crippen LogP contribution is 2.33. The lowest BCUT2D eigenvalue weighted by Gasteiger charge is -2.43. The fraction of sp³-hybridized carbons (Fsp3) is 0.552. The van der Waals surface area contributed by atoms with Crippen LogP contribution in [-0.2, 0) is 22.6 Å². The second-order valence-corrected chi connectivity index (χ2v) is 10.2. The first-order chi connectivity index (χ1) is 16.3. The summed E-state index contributed by atoms with van der Waals surface area (Å²) in [4.78, 5) is 16.4. The van der Waals surface area contributed by atoms with Crippen molar-refractivity contribution in [3.63, 3.8) is 0 Å². The van der Waals surface area contributed by atoms with Gasteiger partial charge in [0.15, 0.2) is 5.78 Å². The van der Waals surface area contributed by atoms with Gasteiger partial charge in [-0.15, -0.1) is 0 Å². The maximum atomic E-state index is 13.9. The van der Waals surface area contributed by atoms with E-state index in [1.807, 2.05) is 6.07 Å². The van der Waals surface area contributed by atoms with Crippen LogP contribution in [0.25, 0.3) is 0 Å². The number of benzene rings is 2. The van der Waals surface area contributed by atoms with Crippen molar-refractivity contribution in [2.75, 3.05) is 18.4 Å². The SMILES string of the molecule is O=C(C1CCCCC1)C(C1CCc2ccccc2N1)N1CCC(OCc2ccccc2)CC1. The molecule has 2 atom stereocenters.